The van der Waals surface area contributed by atoms with E-state index in [1.54, 1.807) is 31.4 Å². The van der Waals surface area contributed by atoms with Crippen LogP contribution in [0.2, 0.25) is 0 Å². The molecule has 0 fully saturated rings. The minimum Gasteiger partial charge on any atom is -0.497 e. The summed E-state index contributed by atoms with van der Waals surface area (Å²) in [4.78, 5) is 28.3. The second-order valence-electron chi connectivity index (χ2n) is 7.76. The predicted octanol–water partition coefficient (Wildman–Crippen LogP) is 5.02. The van der Waals surface area contributed by atoms with Gasteiger partial charge in [0.25, 0.3) is 11.8 Å². The average molecular weight is 412 g/mol. The standard InChI is InChI=1S/C26H24N2O3/c1-16-6-5-7-20(13-16)27-24-23(19-8-10-22(31-4)11-9-19)25(29)28(26(24)30)21-14-17(2)12-18(3)15-21/h5-15,27H,1-4H3. The molecule has 1 N–H and O–H groups in total. The van der Waals surface area contributed by atoms with Gasteiger partial charge in [0.2, 0.25) is 0 Å². The van der Waals surface area contributed by atoms with E-state index in [9.17, 15) is 9.59 Å². The third-order valence-corrected chi connectivity index (χ3v) is 5.21. The Morgan fingerprint density at radius 1 is 0.774 bits per heavy atom. The van der Waals surface area contributed by atoms with Crippen molar-refractivity contribution in [1.29, 1.82) is 0 Å². The number of ether oxygens (including phenoxy) is 1. The quantitative estimate of drug-likeness (QED) is 0.598. The van der Waals surface area contributed by atoms with Gasteiger partial charge in [-0.25, -0.2) is 4.90 Å². The van der Waals surface area contributed by atoms with Crippen molar-refractivity contribution in [1.82, 2.24) is 0 Å². The molecule has 156 valence electrons. The van der Waals surface area contributed by atoms with E-state index in [0.29, 0.717) is 22.6 Å². The zero-order valence-electron chi connectivity index (χ0n) is 18.0. The van der Waals surface area contributed by atoms with Crippen LogP contribution in [-0.4, -0.2) is 18.9 Å². The van der Waals surface area contributed by atoms with Crippen LogP contribution in [0.3, 0.4) is 0 Å². The maximum atomic E-state index is 13.5. The fraction of sp³-hybridized carbons (Fsp3) is 0.154. The second-order valence-corrected chi connectivity index (χ2v) is 7.76. The Hall–Kier alpha value is -3.86. The third kappa shape index (κ3) is 3.94. The lowest BCUT2D eigenvalue weighted by Gasteiger charge is -2.17. The highest BCUT2D eigenvalue weighted by atomic mass is 16.5. The Morgan fingerprint density at radius 2 is 1.45 bits per heavy atom. The lowest BCUT2D eigenvalue weighted by Crippen LogP contribution is -2.32. The molecule has 3 aromatic carbocycles. The Morgan fingerprint density at radius 3 is 2.06 bits per heavy atom. The van der Waals surface area contributed by atoms with Crippen LogP contribution in [0.25, 0.3) is 5.57 Å². The Kier molecular flexibility index (Phi) is 5.34. The molecule has 3 aromatic rings. The first-order chi connectivity index (χ1) is 14.9. The van der Waals surface area contributed by atoms with Crippen molar-refractivity contribution in [3.8, 4) is 5.75 Å². The van der Waals surface area contributed by atoms with Gasteiger partial charge in [0.15, 0.2) is 0 Å². The van der Waals surface area contributed by atoms with Gasteiger partial charge in [-0.2, -0.15) is 0 Å². The molecular weight excluding hydrogens is 388 g/mol. The van der Waals surface area contributed by atoms with Crippen LogP contribution in [0.5, 0.6) is 5.75 Å². The molecule has 5 heteroatoms. The predicted molar refractivity (Wildman–Crippen MR) is 123 cm³/mol. The molecule has 0 saturated carbocycles. The first-order valence-electron chi connectivity index (χ1n) is 10.1. The van der Waals surface area contributed by atoms with E-state index in [2.05, 4.69) is 5.32 Å². The number of rotatable bonds is 5. The lowest BCUT2D eigenvalue weighted by atomic mass is 10.0. The zero-order chi connectivity index (χ0) is 22.1. The minimum atomic E-state index is -0.373. The van der Waals surface area contributed by atoms with Gasteiger partial charge >= 0.3 is 0 Å². The van der Waals surface area contributed by atoms with Gasteiger partial charge in [-0.15, -0.1) is 0 Å². The topological polar surface area (TPSA) is 58.6 Å². The number of anilines is 2. The molecule has 0 saturated heterocycles. The van der Waals surface area contributed by atoms with E-state index >= 15 is 0 Å². The number of nitrogens with one attached hydrogen (secondary N) is 1. The normalized spacial score (nSPS) is 13.7. The molecule has 0 atom stereocenters. The average Bonchev–Trinajstić information content (AvgIpc) is 2.97. The SMILES string of the molecule is COc1ccc(C2=C(Nc3cccc(C)c3)C(=O)N(c3cc(C)cc(C)c3)C2=O)cc1. The highest BCUT2D eigenvalue weighted by Gasteiger charge is 2.40. The summed E-state index contributed by atoms with van der Waals surface area (Å²) in [6.45, 7) is 5.88. The first kappa shape index (κ1) is 20.4. The van der Waals surface area contributed by atoms with Gasteiger partial charge in [0, 0.05) is 5.69 Å². The van der Waals surface area contributed by atoms with Gasteiger partial charge < -0.3 is 10.1 Å². The summed E-state index contributed by atoms with van der Waals surface area (Å²) in [5.74, 6) is -0.0434. The van der Waals surface area contributed by atoms with Crippen molar-refractivity contribution in [3.05, 3.63) is 94.7 Å². The van der Waals surface area contributed by atoms with Gasteiger partial charge in [-0.05, 0) is 79.4 Å². The number of hydrogen-bond acceptors (Lipinski definition) is 4. The molecule has 0 aliphatic carbocycles. The van der Waals surface area contributed by atoms with Crippen molar-refractivity contribution in [2.45, 2.75) is 20.8 Å². The summed E-state index contributed by atoms with van der Waals surface area (Å²) < 4.78 is 5.24. The summed E-state index contributed by atoms with van der Waals surface area (Å²) in [5.41, 5.74) is 5.61. The minimum absolute atomic E-state index is 0.264. The lowest BCUT2D eigenvalue weighted by molar-refractivity contribution is -0.120. The number of hydrogen-bond donors (Lipinski definition) is 1. The molecule has 0 spiro atoms. The number of imide groups is 1. The number of methoxy groups -OCH3 is 1. The van der Waals surface area contributed by atoms with Crippen molar-refractivity contribution in [2.24, 2.45) is 0 Å². The smallest absolute Gasteiger partial charge is 0.282 e. The van der Waals surface area contributed by atoms with Crippen molar-refractivity contribution >= 4 is 28.8 Å². The second kappa shape index (κ2) is 8.11. The Bertz CT molecular complexity index is 1190. The molecule has 2 amide bonds. The van der Waals surface area contributed by atoms with Crippen LogP contribution in [0.15, 0.2) is 72.4 Å². The molecule has 1 aliphatic rings. The maximum Gasteiger partial charge on any atom is 0.282 e. The number of carbonyl (C=O) groups excluding carboxylic acids is 2. The monoisotopic (exact) mass is 412 g/mol. The molecule has 1 heterocycles. The molecule has 0 unspecified atom stereocenters. The van der Waals surface area contributed by atoms with Gasteiger partial charge in [-0.3, -0.25) is 9.59 Å². The molecule has 0 bridgehead atoms. The van der Waals surface area contributed by atoms with E-state index in [-0.39, 0.29) is 17.5 Å². The molecule has 5 nitrogen and oxygen atoms in total. The van der Waals surface area contributed by atoms with Crippen LogP contribution in [0.4, 0.5) is 11.4 Å². The highest BCUT2D eigenvalue weighted by molar-refractivity contribution is 6.46. The molecule has 31 heavy (non-hydrogen) atoms. The number of nitrogens with zero attached hydrogens (tertiary/aromatic N) is 1. The molecule has 1 aliphatic heterocycles. The number of carbonyl (C=O) groups is 2. The fourth-order valence-electron chi connectivity index (χ4n) is 3.85. The highest BCUT2D eigenvalue weighted by Crippen LogP contribution is 2.35. The van der Waals surface area contributed by atoms with Gasteiger partial charge in [0.1, 0.15) is 11.4 Å². The summed E-state index contributed by atoms with van der Waals surface area (Å²) >= 11 is 0. The molecule has 0 radical (unpaired) electrons. The first-order valence-corrected chi connectivity index (χ1v) is 10.1. The van der Waals surface area contributed by atoms with Crippen LogP contribution >= 0.6 is 0 Å². The van der Waals surface area contributed by atoms with E-state index in [0.717, 1.165) is 22.4 Å². The Balaban J connectivity index is 1.83. The largest absolute Gasteiger partial charge is 0.497 e. The zero-order valence-corrected chi connectivity index (χ0v) is 18.0. The van der Waals surface area contributed by atoms with Crippen molar-refractivity contribution in [3.63, 3.8) is 0 Å². The van der Waals surface area contributed by atoms with Crippen molar-refractivity contribution in [2.75, 3.05) is 17.3 Å². The van der Waals surface area contributed by atoms with E-state index in [1.165, 1.54) is 4.90 Å². The molecule has 4 rings (SSSR count). The summed E-state index contributed by atoms with van der Waals surface area (Å²) in [6.07, 6.45) is 0. The number of benzene rings is 3. The van der Waals surface area contributed by atoms with E-state index < -0.39 is 0 Å². The Labute approximate surface area is 182 Å². The molecule has 0 aromatic heterocycles. The fourth-order valence-corrected chi connectivity index (χ4v) is 3.85. The number of aryl methyl sites for hydroxylation is 3. The van der Waals surface area contributed by atoms with E-state index in [1.807, 2.05) is 63.2 Å². The van der Waals surface area contributed by atoms with E-state index in [4.69, 9.17) is 4.74 Å². The van der Waals surface area contributed by atoms with Gasteiger partial charge in [-0.1, -0.05) is 30.3 Å². The van der Waals surface area contributed by atoms with Crippen LogP contribution in [-0.2, 0) is 9.59 Å². The van der Waals surface area contributed by atoms with Crippen LogP contribution in [0, 0.1) is 20.8 Å². The van der Waals surface area contributed by atoms with Gasteiger partial charge in [0.05, 0.1) is 18.4 Å². The van der Waals surface area contributed by atoms with Crippen molar-refractivity contribution < 1.29 is 14.3 Å². The maximum absolute atomic E-state index is 13.5. The summed E-state index contributed by atoms with van der Waals surface area (Å²) in [6, 6.07) is 20.6. The summed E-state index contributed by atoms with van der Waals surface area (Å²) in [5, 5.41) is 3.20. The van der Waals surface area contributed by atoms with Crippen LogP contribution < -0.4 is 15.0 Å². The third-order valence-electron chi connectivity index (χ3n) is 5.21. The van der Waals surface area contributed by atoms with Crippen LogP contribution in [0.1, 0.15) is 22.3 Å². The number of amides is 2. The summed E-state index contributed by atoms with van der Waals surface area (Å²) in [7, 11) is 1.59. The molecular formula is C26H24N2O3.